The number of anilines is 2. The molecule has 0 aliphatic rings. The van der Waals surface area contributed by atoms with Crippen LogP contribution in [0.5, 0.6) is 0 Å². The van der Waals surface area contributed by atoms with Crippen molar-refractivity contribution in [2.75, 3.05) is 19.4 Å². The molecule has 0 atom stereocenters. The van der Waals surface area contributed by atoms with E-state index in [4.69, 9.17) is 11.6 Å². The summed E-state index contributed by atoms with van der Waals surface area (Å²) < 4.78 is 40.7. The molecular formula is C23H18ClF3N4OS. The lowest BCUT2D eigenvalue weighted by Crippen LogP contribution is -2.21. The quantitative estimate of drug-likeness (QED) is 0.338. The molecule has 2 aromatic heterocycles. The molecule has 170 valence electrons. The molecule has 0 bridgehead atoms. The van der Waals surface area contributed by atoms with Crippen LogP contribution in [-0.4, -0.2) is 33.9 Å². The molecule has 0 unspecified atom stereocenters. The van der Waals surface area contributed by atoms with E-state index in [-0.39, 0.29) is 10.9 Å². The second kappa shape index (κ2) is 8.99. The third-order valence-corrected chi connectivity index (χ3v) is 6.09. The molecule has 0 fully saturated rings. The number of nitrogens with zero attached hydrogens (tertiary/aromatic N) is 3. The number of fused-ring (bicyclic) bond motifs is 1. The number of hydrogen-bond acceptors (Lipinski definition) is 4. The van der Waals surface area contributed by atoms with Crippen LogP contribution in [0.25, 0.3) is 10.9 Å². The minimum Gasteiger partial charge on any atom is -0.354 e. The molecule has 2 heterocycles. The van der Waals surface area contributed by atoms with Crippen LogP contribution >= 0.6 is 23.5 Å². The van der Waals surface area contributed by atoms with E-state index in [1.165, 1.54) is 22.9 Å². The highest BCUT2D eigenvalue weighted by Crippen LogP contribution is 2.36. The fourth-order valence-corrected chi connectivity index (χ4v) is 4.34. The van der Waals surface area contributed by atoms with Crippen molar-refractivity contribution in [1.82, 2.24) is 13.9 Å². The van der Waals surface area contributed by atoms with Gasteiger partial charge in [-0.25, -0.2) is 0 Å². The molecule has 0 saturated carbocycles. The third-order valence-electron chi connectivity index (χ3n) is 4.82. The topological polar surface area (TPSA) is 50.2 Å². The molecule has 1 amide bonds. The van der Waals surface area contributed by atoms with Crippen molar-refractivity contribution in [1.29, 1.82) is 0 Å². The first-order valence-corrected chi connectivity index (χ1v) is 10.9. The van der Waals surface area contributed by atoms with Crippen LogP contribution in [0.15, 0.2) is 72.0 Å². The smallest absolute Gasteiger partial charge is 0.354 e. The number of carbonyl (C=O) groups excluding carboxylic acids is 1. The van der Waals surface area contributed by atoms with E-state index < -0.39 is 11.7 Å². The van der Waals surface area contributed by atoms with Crippen LogP contribution in [-0.2, 0) is 6.18 Å². The summed E-state index contributed by atoms with van der Waals surface area (Å²) in [5.41, 5.74) is 1.42. The second-order valence-electron chi connectivity index (χ2n) is 7.40. The van der Waals surface area contributed by atoms with Crippen molar-refractivity contribution < 1.29 is 18.0 Å². The molecule has 5 nitrogen and oxygen atoms in total. The zero-order valence-electron chi connectivity index (χ0n) is 17.5. The largest absolute Gasteiger partial charge is 0.416 e. The summed E-state index contributed by atoms with van der Waals surface area (Å²) in [5.74, 6) is -0.142. The number of aromatic nitrogens is 2. The van der Waals surface area contributed by atoms with Crippen LogP contribution in [0, 0.1) is 0 Å². The van der Waals surface area contributed by atoms with E-state index in [1.807, 2.05) is 22.2 Å². The average molecular weight is 491 g/mol. The zero-order valence-corrected chi connectivity index (χ0v) is 19.1. The number of amides is 1. The van der Waals surface area contributed by atoms with Crippen molar-refractivity contribution in [3.8, 4) is 0 Å². The molecule has 0 radical (unpaired) electrons. The average Bonchev–Trinajstić information content (AvgIpc) is 3.12. The number of hydrogen-bond donors (Lipinski definition) is 1. The van der Waals surface area contributed by atoms with Gasteiger partial charge in [-0.2, -0.15) is 13.2 Å². The molecular weight excluding hydrogens is 473 g/mol. The lowest BCUT2D eigenvalue weighted by molar-refractivity contribution is -0.137. The van der Waals surface area contributed by atoms with Gasteiger partial charge in [0.2, 0.25) is 0 Å². The molecule has 1 N–H and O–H groups in total. The van der Waals surface area contributed by atoms with Crippen LogP contribution in [0.2, 0.25) is 5.02 Å². The van der Waals surface area contributed by atoms with Crippen molar-refractivity contribution in [2.24, 2.45) is 0 Å². The Labute approximate surface area is 197 Å². The fraction of sp³-hybridized carbons (Fsp3) is 0.130. The maximum absolute atomic E-state index is 12.9. The molecule has 0 aliphatic heterocycles. The maximum atomic E-state index is 12.9. The summed E-state index contributed by atoms with van der Waals surface area (Å²) in [6.45, 7) is 0. The Morgan fingerprint density at radius 3 is 2.58 bits per heavy atom. The Morgan fingerprint density at radius 1 is 1.15 bits per heavy atom. The van der Waals surface area contributed by atoms with Crippen LogP contribution in [0.3, 0.4) is 0 Å². The van der Waals surface area contributed by atoms with Gasteiger partial charge in [0, 0.05) is 48.7 Å². The van der Waals surface area contributed by atoms with Gasteiger partial charge in [-0.15, -0.1) is 0 Å². The van der Waals surface area contributed by atoms with E-state index >= 15 is 0 Å². The van der Waals surface area contributed by atoms with Gasteiger partial charge in [-0.05, 0) is 60.5 Å². The van der Waals surface area contributed by atoms with Crippen LogP contribution < -0.4 is 5.32 Å². The second-order valence-corrected chi connectivity index (χ2v) is 8.85. The van der Waals surface area contributed by atoms with E-state index in [9.17, 15) is 18.0 Å². The lowest BCUT2D eigenvalue weighted by atomic mass is 10.1. The highest BCUT2D eigenvalue weighted by molar-refractivity contribution is 7.98. The first kappa shape index (κ1) is 23.0. The van der Waals surface area contributed by atoms with E-state index in [2.05, 4.69) is 10.3 Å². The van der Waals surface area contributed by atoms with Gasteiger partial charge in [0.25, 0.3) is 5.91 Å². The van der Waals surface area contributed by atoms with Gasteiger partial charge in [0.15, 0.2) is 0 Å². The number of carbonyl (C=O) groups is 1. The molecule has 10 heteroatoms. The Balaban J connectivity index is 1.74. The first-order valence-electron chi connectivity index (χ1n) is 9.72. The molecule has 33 heavy (non-hydrogen) atoms. The third kappa shape index (κ3) is 4.94. The minimum atomic E-state index is -4.47. The van der Waals surface area contributed by atoms with Gasteiger partial charge >= 0.3 is 6.18 Å². The monoisotopic (exact) mass is 490 g/mol. The van der Waals surface area contributed by atoms with Crippen molar-refractivity contribution >= 4 is 51.7 Å². The minimum absolute atomic E-state index is 0.0477. The Morgan fingerprint density at radius 2 is 1.94 bits per heavy atom. The van der Waals surface area contributed by atoms with E-state index in [0.717, 1.165) is 27.9 Å². The SMILES string of the molecule is CN(C)C(=O)c1cn(Sc2cccnc2)c2cc(Nc3ccc(C(F)(F)F)cc3Cl)ccc12. The van der Waals surface area contributed by atoms with E-state index in [0.29, 0.717) is 16.9 Å². The molecule has 4 rings (SSSR count). The number of pyridine rings is 1. The number of alkyl halides is 3. The highest BCUT2D eigenvalue weighted by atomic mass is 35.5. The zero-order chi connectivity index (χ0) is 23.8. The highest BCUT2D eigenvalue weighted by Gasteiger charge is 2.31. The Hall–Kier alpha value is -3.17. The van der Waals surface area contributed by atoms with Gasteiger partial charge in [-0.1, -0.05) is 11.6 Å². The normalized spacial score (nSPS) is 11.6. The van der Waals surface area contributed by atoms with Gasteiger partial charge in [0.1, 0.15) is 0 Å². The summed E-state index contributed by atoms with van der Waals surface area (Å²) in [4.78, 5) is 19.2. The Kier molecular flexibility index (Phi) is 6.27. The van der Waals surface area contributed by atoms with Crippen LogP contribution in [0.1, 0.15) is 15.9 Å². The summed E-state index contributed by atoms with van der Waals surface area (Å²) in [7, 11) is 3.37. The van der Waals surface area contributed by atoms with Crippen LogP contribution in [0.4, 0.5) is 24.5 Å². The Bertz CT molecular complexity index is 1320. The number of benzene rings is 2. The lowest BCUT2D eigenvalue weighted by Gasteiger charge is -2.13. The molecule has 4 aromatic rings. The summed E-state index contributed by atoms with van der Waals surface area (Å²) in [6, 6.07) is 12.2. The van der Waals surface area contributed by atoms with Crippen molar-refractivity contribution in [3.05, 3.63) is 83.3 Å². The maximum Gasteiger partial charge on any atom is 0.416 e. The van der Waals surface area contributed by atoms with Gasteiger partial charge in [0.05, 0.1) is 27.4 Å². The standard InChI is InChI=1S/C23H18ClF3N4OS/c1-30(2)22(32)18-13-31(33-16-4-3-9-28-12-16)21-11-15(6-7-17(18)21)29-20-8-5-14(10-19(20)24)23(25,26)27/h3-13,29H,1-2H3. The predicted molar refractivity (Wildman–Crippen MR) is 125 cm³/mol. The van der Waals surface area contributed by atoms with Crippen molar-refractivity contribution in [3.63, 3.8) is 0 Å². The van der Waals surface area contributed by atoms with Crippen molar-refractivity contribution in [2.45, 2.75) is 11.1 Å². The summed E-state index contributed by atoms with van der Waals surface area (Å²) in [6.07, 6.45) is 0.684. The number of nitrogens with one attached hydrogen (secondary N) is 1. The molecule has 0 aliphatic carbocycles. The van der Waals surface area contributed by atoms with E-state index in [1.54, 1.807) is 44.8 Å². The number of rotatable bonds is 5. The molecule has 0 spiro atoms. The summed E-state index contributed by atoms with van der Waals surface area (Å²) >= 11 is 7.49. The van der Waals surface area contributed by atoms with Gasteiger partial charge < -0.3 is 10.2 Å². The first-order chi connectivity index (χ1) is 15.6. The van der Waals surface area contributed by atoms with Gasteiger partial charge in [-0.3, -0.25) is 13.8 Å². The predicted octanol–water partition coefficient (Wildman–Crippen LogP) is 6.71. The summed E-state index contributed by atoms with van der Waals surface area (Å²) in [5, 5.41) is 3.76. The fourth-order valence-electron chi connectivity index (χ4n) is 3.23. The molecule has 2 aromatic carbocycles. The number of halogens is 4. The molecule has 0 saturated heterocycles.